The van der Waals surface area contributed by atoms with E-state index in [1.165, 1.54) is 11.8 Å². The number of carbonyl (C=O) groups is 1. The van der Waals surface area contributed by atoms with Gasteiger partial charge in [0.2, 0.25) is 5.91 Å². The third-order valence-electron chi connectivity index (χ3n) is 3.54. The molecule has 3 aromatic rings. The fraction of sp³-hybridized carbons (Fsp3) is 0.238. The van der Waals surface area contributed by atoms with E-state index in [1.54, 1.807) is 30.6 Å². The topological polar surface area (TPSA) is 97.2 Å². The molecule has 0 aliphatic heterocycles. The molecule has 0 bridgehead atoms. The first-order chi connectivity index (χ1) is 14.2. The van der Waals surface area contributed by atoms with E-state index in [9.17, 15) is 4.79 Å². The number of rotatable bonds is 8. The Hall–Kier alpha value is -2.97. The minimum atomic E-state index is -0.364. The van der Waals surface area contributed by atoms with Crippen molar-refractivity contribution in [3.8, 4) is 17.1 Å². The fourth-order valence-corrected chi connectivity index (χ4v) is 2.89. The van der Waals surface area contributed by atoms with Gasteiger partial charge in [-0.2, -0.15) is 0 Å². The lowest BCUT2D eigenvalue weighted by molar-refractivity contribution is -0.118. The highest BCUT2D eigenvalue weighted by molar-refractivity contribution is 7.99. The summed E-state index contributed by atoms with van der Waals surface area (Å²) in [5.74, 6) is 0.688. The molecule has 152 valence electrons. The molecule has 0 unspecified atom stereocenters. The number of amides is 1. The molecule has 2 N–H and O–H groups in total. The van der Waals surface area contributed by atoms with Gasteiger partial charge in [0.25, 0.3) is 0 Å². The molecular weight excluding hydrogens is 388 g/mol. The Balaban J connectivity index is 0.00000145. The van der Waals surface area contributed by atoms with Gasteiger partial charge in [-0.05, 0) is 35.9 Å². The van der Waals surface area contributed by atoms with Crippen molar-refractivity contribution in [1.29, 1.82) is 0 Å². The molecule has 1 amide bonds. The molecule has 8 heteroatoms. The van der Waals surface area contributed by atoms with Gasteiger partial charge < -0.3 is 15.2 Å². The number of hydrogen-bond donors (Lipinski definition) is 2. The molecule has 0 atom stereocenters. The van der Waals surface area contributed by atoms with E-state index < -0.39 is 0 Å². The van der Waals surface area contributed by atoms with E-state index in [0.29, 0.717) is 17.5 Å². The molecule has 0 fully saturated rings. The number of aliphatic hydroxyl groups excluding tert-OH is 1. The number of aromatic nitrogens is 3. The first kappa shape index (κ1) is 22.3. The van der Waals surface area contributed by atoms with Crippen LogP contribution < -0.4 is 10.1 Å². The number of nitrogens with one attached hydrogen (secondary N) is 1. The second-order valence-electron chi connectivity index (χ2n) is 5.42. The van der Waals surface area contributed by atoms with E-state index >= 15 is 0 Å². The lowest BCUT2D eigenvalue weighted by Crippen LogP contribution is -2.24. The van der Waals surface area contributed by atoms with Crippen LogP contribution in [-0.2, 0) is 11.3 Å². The van der Waals surface area contributed by atoms with Crippen molar-refractivity contribution in [1.82, 2.24) is 20.3 Å². The van der Waals surface area contributed by atoms with Crippen LogP contribution in [0.4, 0.5) is 0 Å². The van der Waals surface area contributed by atoms with Gasteiger partial charge in [0.1, 0.15) is 5.75 Å². The number of thioether (sulfide) groups is 1. The van der Waals surface area contributed by atoms with Crippen LogP contribution >= 0.6 is 11.8 Å². The number of pyridine rings is 1. The van der Waals surface area contributed by atoms with Crippen LogP contribution in [0.5, 0.6) is 5.75 Å². The van der Waals surface area contributed by atoms with Crippen molar-refractivity contribution in [3.63, 3.8) is 0 Å². The summed E-state index contributed by atoms with van der Waals surface area (Å²) in [6.07, 6.45) is 3.37. The SMILES string of the molecule is CC.O=C(CSc1nccc(-c2ccccn2)n1)NCc1ccc(OCO)cc1. The van der Waals surface area contributed by atoms with Crippen LogP contribution in [0, 0.1) is 0 Å². The van der Waals surface area contributed by atoms with Crippen LogP contribution in [0.2, 0.25) is 0 Å². The van der Waals surface area contributed by atoms with Crippen molar-refractivity contribution in [3.05, 3.63) is 66.5 Å². The maximum absolute atomic E-state index is 12.1. The Bertz CT molecular complexity index is 877. The van der Waals surface area contributed by atoms with Gasteiger partial charge in [-0.25, -0.2) is 9.97 Å². The van der Waals surface area contributed by atoms with Crippen LogP contribution in [0.3, 0.4) is 0 Å². The van der Waals surface area contributed by atoms with E-state index in [4.69, 9.17) is 9.84 Å². The summed E-state index contributed by atoms with van der Waals surface area (Å²) in [5, 5.41) is 12.1. The highest BCUT2D eigenvalue weighted by atomic mass is 32.2. The molecule has 0 spiro atoms. The van der Waals surface area contributed by atoms with Crippen molar-refractivity contribution in [2.24, 2.45) is 0 Å². The maximum atomic E-state index is 12.1. The zero-order valence-corrected chi connectivity index (χ0v) is 17.2. The predicted molar refractivity (Wildman–Crippen MR) is 113 cm³/mol. The molecular formula is C21H24N4O3S. The summed E-state index contributed by atoms with van der Waals surface area (Å²) in [6.45, 7) is 4.05. The van der Waals surface area contributed by atoms with Gasteiger partial charge in [0.15, 0.2) is 11.9 Å². The van der Waals surface area contributed by atoms with Gasteiger partial charge >= 0.3 is 0 Å². The number of benzene rings is 1. The van der Waals surface area contributed by atoms with Crippen LogP contribution in [0.15, 0.2) is 66.1 Å². The normalized spacial score (nSPS) is 9.90. The second kappa shape index (κ2) is 12.5. The summed E-state index contributed by atoms with van der Waals surface area (Å²) < 4.78 is 4.96. The maximum Gasteiger partial charge on any atom is 0.230 e. The van der Waals surface area contributed by atoms with Gasteiger partial charge in [-0.15, -0.1) is 0 Å². The number of hydrogen-bond acceptors (Lipinski definition) is 7. The lowest BCUT2D eigenvalue weighted by Gasteiger charge is -2.07. The average Bonchev–Trinajstić information content (AvgIpc) is 2.79. The first-order valence-corrected chi connectivity index (χ1v) is 10.2. The standard InChI is InChI=1S/C19H18N4O3S.C2H6/c24-13-26-15-6-4-14(5-7-15)11-22-18(25)12-27-19-21-10-8-17(23-19)16-3-1-2-9-20-16;1-2/h1-10,24H,11-13H2,(H,22,25);1-2H3. The molecule has 7 nitrogen and oxygen atoms in total. The van der Waals surface area contributed by atoms with E-state index in [1.807, 2.05) is 44.2 Å². The number of aliphatic hydroxyl groups is 1. The summed E-state index contributed by atoms with van der Waals surface area (Å²) in [4.78, 5) is 24.9. The Kier molecular flexibility index (Phi) is 9.61. The molecule has 3 rings (SSSR count). The molecule has 0 radical (unpaired) electrons. The third kappa shape index (κ3) is 7.52. The Morgan fingerprint density at radius 3 is 2.52 bits per heavy atom. The number of nitrogens with zero attached hydrogens (tertiary/aromatic N) is 3. The van der Waals surface area contributed by atoms with Crippen molar-refractivity contribution in [2.75, 3.05) is 12.5 Å². The smallest absolute Gasteiger partial charge is 0.230 e. The molecule has 0 aliphatic rings. The third-order valence-corrected chi connectivity index (χ3v) is 4.40. The summed E-state index contributed by atoms with van der Waals surface area (Å²) >= 11 is 1.27. The highest BCUT2D eigenvalue weighted by Gasteiger charge is 2.07. The van der Waals surface area contributed by atoms with Crippen molar-refractivity contribution in [2.45, 2.75) is 25.5 Å². The largest absolute Gasteiger partial charge is 0.468 e. The first-order valence-electron chi connectivity index (χ1n) is 9.21. The molecule has 2 heterocycles. The zero-order valence-electron chi connectivity index (χ0n) is 16.4. The Morgan fingerprint density at radius 1 is 1.03 bits per heavy atom. The minimum absolute atomic E-state index is 0.109. The highest BCUT2D eigenvalue weighted by Crippen LogP contribution is 2.18. The molecule has 0 saturated heterocycles. The van der Waals surface area contributed by atoms with Crippen LogP contribution in [-0.4, -0.2) is 38.5 Å². The zero-order chi connectivity index (χ0) is 20.9. The summed E-state index contributed by atoms with van der Waals surface area (Å²) in [6, 6.07) is 14.5. The van der Waals surface area contributed by atoms with Crippen molar-refractivity contribution < 1.29 is 14.6 Å². The predicted octanol–water partition coefficient (Wildman–Crippen LogP) is 3.30. The number of carbonyl (C=O) groups excluding carboxylic acids is 1. The second-order valence-corrected chi connectivity index (χ2v) is 6.36. The van der Waals surface area contributed by atoms with Gasteiger partial charge in [0.05, 0.1) is 17.1 Å². The molecule has 29 heavy (non-hydrogen) atoms. The number of ether oxygens (including phenoxy) is 1. The van der Waals surface area contributed by atoms with Crippen LogP contribution in [0.25, 0.3) is 11.4 Å². The van der Waals surface area contributed by atoms with Gasteiger partial charge in [-0.1, -0.05) is 43.8 Å². The average molecular weight is 413 g/mol. The van der Waals surface area contributed by atoms with Crippen molar-refractivity contribution >= 4 is 17.7 Å². The molecule has 0 aliphatic carbocycles. The quantitative estimate of drug-likeness (QED) is 0.333. The van der Waals surface area contributed by atoms with E-state index in [-0.39, 0.29) is 18.5 Å². The Morgan fingerprint density at radius 2 is 1.83 bits per heavy atom. The summed E-state index contributed by atoms with van der Waals surface area (Å²) in [5.41, 5.74) is 2.42. The van der Waals surface area contributed by atoms with E-state index in [2.05, 4.69) is 20.3 Å². The molecule has 1 aromatic carbocycles. The lowest BCUT2D eigenvalue weighted by atomic mass is 10.2. The minimum Gasteiger partial charge on any atom is -0.468 e. The van der Waals surface area contributed by atoms with Gasteiger partial charge in [0, 0.05) is 18.9 Å². The van der Waals surface area contributed by atoms with E-state index in [0.717, 1.165) is 17.0 Å². The van der Waals surface area contributed by atoms with Gasteiger partial charge in [-0.3, -0.25) is 9.78 Å². The summed E-state index contributed by atoms with van der Waals surface area (Å²) in [7, 11) is 0. The fourth-order valence-electron chi connectivity index (χ4n) is 2.23. The molecule has 0 saturated carbocycles. The van der Waals surface area contributed by atoms with Crippen LogP contribution in [0.1, 0.15) is 19.4 Å². The Labute approximate surface area is 174 Å². The molecule has 2 aromatic heterocycles. The monoisotopic (exact) mass is 412 g/mol.